The summed E-state index contributed by atoms with van der Waals surface area (Å²) in [5.41, 5.74) is 0. The molecule has 0 spiro atoms. The molecule has 1 amide bonds. The molecule has 0 radical (unpaired) electrons. The maximum atomic E-state index is 11.6. The lowest BCUT2D eigenvalue weighted by Crippen LogP contribution is -2.51. The molecule has 1 heterocycles. The van der Waals surface area contributed by atoms with Crippen molar-refractivity contribution in [2.75, 3.05) is 53.0 Å². The van der Waals surface area contributed by atoms with Gasteiger partial charge in [0.25, 0.3) is 0 Å². The lowest BCUT2D eigenvalue weighted by molar-refractivity contribution is -0.137. The van der Waals surface area contributed by atoms with E-state index in [0.717, 1.165) is 13.1 Å². The second-order valence-electron chi connectivity index (χ2n) is 5.15. The van der Waals surface area contributed by atoms with Crippen LogP contribution >= 0.6 is 0 Å². The van der Waals surface area contributed by atoms with Crippen LogP contribution in [0.15, 0.2) is 0 Å². The topological polar surface area (TPSA) is 62.2 Å². The fourth-order valence-corrected chi connectivity index (χ4v) is 2.05. The summed E-state index contributed by atoms with van der Waals surface area (Å²) in [6.45, 7) is 7.96. The third-order valence-electron chi connectivity index (χ3n) is 3.08. The molecule has 1 fully saturated rings. The number of carbonyl (C=O) groups is 1. The Morgan fingerprint density at radius 2 is 1.89 bits per heavy atom. The van der Waals surface area contributed by atoms with Crippen LogP contribution in [0.25, 0.3) is 0 Å². The molecule has 1 aliphatic rings. The fourth-order valence-electron chi connectivity index (χ4n) is 2.05. The van der Waals surface area contributed by atoms with Gasteiger partial charge in [0, 0.05) is 39.8 Å². The van der Waals surface area contributed by atoms with Gasteiger partial charge >= 0.3 is 0 Å². The normalized spacial score (nSPS) is 18.9. The summed E-state index contributed by atoms with van der Waals surface area (Å²) < 4.78 is 10.2. The minimum Gasteiger partial charge on any atom is -0.389 e. The molecule has 19 heavy (non-hydrogen) atoms. The van der Waals surface area contributed by atoms with Gasteiger partial charge in [0.2, 0.25) is 5.91 Å². The van der Waals surface area contributed by atoms with Crippen LogP contribution in [0, 0.1) is 0 Å². The highest BCUT2D eigenvalue weighted by atomic mass is 16.5. The summed E-state index contributed by atoms with van der Waals surface area (Å²) in [4.78, 5) is 15.6. The second-order valence-corrected chi connectivity index (χ2v) is 5.15. The van der Waals surface area contributed by atoms with Crippen molar-refractivity contribution in [1.29, 1.82) is 0 Å². The van der Waals surface area contributed by atoms with Crippen LogP contribution in [0.1, 0.15) is 13.8 Å². The molecule has 0 aromatic rings. The van der Waals surface area contributed by atoms with Crippen molar-refractivity contribution >= 4 is 5.91 Å². The molecule has 0 aliphatic carbocycles. The number of nitrogens with zero attached hydrogens (tertiary/aromatic N) is 2. The van der Waals surface area contributed by atoms with Gasteiger partial charge in [-0.2, -0.15) is 0 Å². The predicted molar refractivity (Wildman–Crippen MR) is 72.0 cm³/mol. The summed E-state index contributed by atoms with van der Waals surface area (Å²) in [5.74, 6) is 0.0332. The zero-order valence-electron chi connectivity index (χ0n) is 12.2. The van der Waals surface area contributed by atoms with E-state index in [0.29, 0.717) is 26.2 Å². The van der Waals surface area contributed by atoms with Crippen LogP contribution in [0.3, 0.4) is 0 Å². The van der Waals surface area contributed by atoms with Gasteiger partial charge in [-0.1, -0.05) is 0 Å². The third kappa shape index (κ3) is 6.33. The second kappa shape index (κ2) is 8.47. The summed E-state index contributed by atoms with van der Waals surface area (Å²) in [6.07, 6.45) is -0.332. The Morgan fingerprint density at radius 1 is 1.26 bits per heavy atom. The van der Waals surface area contributed by atoms with Crippen LogP contribution < -0.4 is 0 Å². The molecule has 0 aromatic carbocycles. The van der Waals surface area contributed by atoms with Crippen molar-refractivity contribution in [3.63, 3.8) is 0 Å². The number of aliphatic hydroxyl groups excluding tert-OH is 1. The number of methoxy groups -OCH3 is 1. The Balaban J connectivity index is 2.20. The Labute approximate surface area is 115 Å². The van der Waals surface area contributed by atoms with Crippen LogP contribution in [-0.2, 0) is 14.3 Å². The number of hydrogen-bond acceptors (Lipinski definition) is 5. The number of hydrogen-bond donors (Lipinski definition) is 1. The molecule has 0 aromatic heterocycles. The minimum atomic E-state index is -0.469. The molecule has 0 bridgehead atoms. The number of β-amino-alcohol motifs (C(OH)–C–C–N with tert-alkyl or cyclic N) is 1. The monoisotopic (exact) mass is 274 g/mol. The lowest BCUT2D eigenvalue weighted by Gasteiger charge is -2.35. The largest absolute Gasteiger partial charge is 0.389 e. The predicted octanol–water partition coefficient (Wildman–Crippen LogP) is -0.437. The molecule has 1 unspecified atom stereocenters. The van der Waals surface area contributed by atoms with Crippen LogP contribution in [-0.4, -0.2) is 86.1 Å². The number of rotatable bonds is 7. The minimum absolute atomic E-state index is 0.0332. The smallest absolute Gasteiger partial charge is 0.248 e. The molecule has 1 rings (SSSR count). The zero-order chi connectivity index (χ0) is 14.3. The number of aliphatic hydroxyl groups is 1. The van der Waals surface area contributed by atoms with E-state index in [1.165, 1.54) is 7.11 Å². The number of amides is 1. The molecule has 1 N–H and O–H groups in total. The van der Waals surface area contributed by atoms with Gasteiger partial charge in [-0.3, -0.25) is 9.69 Å². The average Bonchev–Trinajstić information content (AvgIpc) is 2.37. The molecule has 112 valence electrons. The SMILES string of the molecule is COCC(=O)N1CCN(CC(O)COC(C)C)CC1. The molecule has 1 atom stereocenters. The van der Waals surface area contributed by atoms with E-state index in [4.69, 9.17) is 9.47 Å². The first-order valence-corrected chi connectivity index (χ1v) is 6.81. The molecule has 1 aliphatic heterocycles. The van der Waals surface area contributed by atoms with E-state index in [1.54, 1.807) is 4.90 Å². The van der Waals surface area contributed by atoms with Gasteiger partial charge in [-0.25, -0.2) is 0 Å². The number of piperazine rings is 1. The maximum absolute atomic E-state index is 11.6. The Kier molecular flexibility index (Phi) is 7.30. The molecule has 0 saturated carbocycles. The van der Waals surface area contributed by atoms with Crippen molar-refractivity contribution in [3.05, 3.63) is 0 Å². The van der Waals surface area contributed by atoms with E-state index < -0.39 is 6.10 Å². The third-order valence-corrected chi connectivity index (χ3v) is 3.08. The zero-order valence-corrected chi connectivity index (χ0v) is 12.2. The molecule has 6 nitrogen and oxygen atoms in total. The Morgan fingerprint density at radius 3 is 2.42 bits per heavy atom. The van der Waals surface area contributed by atoms with Gasteiger partial charge < -0.3 is 19.5 Å². The van der Waals surface area contributed by atoms with Crippen molar-refractivity contribution in [2.45, 2.75) is 26.1 Å². The van der Waals surface area contributed by atoms with Gasteiger partial charge in [0.1, 0.15) is 6.61 Å². The highest BCUT2D eigenvalue weighted by Crippen LogP contribution is 2.04. The van der Waals surface area contributed by atoms with Crippen LogP contribution in [0.5, 0.6) is 0 Å². The number of carbonyl (C=O) groups excluding carboxylic acids is 1. The standard InChI is InChI=1S/C13H26N2O4/c1-11(2)19-9-12(16)8-14-4-6-15(7-5-14)13(17)10-18-3/h11-12,16H,4-10H2,1-3H3. The summed E-state index contributed by atoms with van der Waals surface area (Å²) >= 11 is 0. The highest BCUT2D eigenvalue weighted by molar-refractivity contribution is 5.77. The molecular formula is C13H26N2O4. The molecule has 6 heteroatoms. The van der Waals surface area contributed by atoms with Crippen molar-refractivity contribution in [3.8, 4) is 0 Å². The number of ether oxygens (including phenoxy) is 2. The Hall–Kier alpha value is -0.690. The van der Waals surface area contributed by atoms with Crippen molar-refractivity contribution in [1.82, 2.24) is 9.80 Å². The summed E-state index contributed by atoms with van der Waals surface area (Å²) in [7, 11) is 1.53. The first-order chi connectivity index (χ1) is 9.02. The van der Waals surface area contributed by atoms with E-state index in [1.807, 2.05) is 13.8 Å². The van der Waals surface area contributed by atoms with Gasteiger partial charge in [-0.15, -0.1) is 0 Å². The molecular weight excluding hydrogens is 248 g/mol. The van der Waals surface area contributed by atoms with Crippen molar-refractivity contribution in [2.24, 2.45) is 0 Å². The highest BCUT2D eigenvalue weighted by Gasteiger charge is 2.22. The quantitative estimate of drug-likeness (QED) is 0.682. The van der Waals surface area contributed by atoms with Crippen LogP contribution in [0.2, 0.25) is 0 Å². The average molecular weight is 274 g/mol. The first-order valence-electron chi connectivity index (χ1n) is 6.81. The Bertz CT molecular complexity index is 265. The molecule has 1 saturated heterocycles. The van der Waals surface area contributed by atoms with E-state index in [2.05, 4.69) is 4.90 Å². The fraction of sp³-hybridized carbons (Fsp3) is 0.923. The maximum Gasteiger partial charge on any atom is 0.248 e. The lowest BCUT2D eigenvalue weighted by atomic mass is 10.2. The van der Waals surface area contributed by atoms with Crippen LogP contribution in [0.4, 0.5) is 0 Å². The van der Waals surface area contributed by atoms with E-state index >= 15 is 0 Å². The van der Waals surface area contributed by atoms with Gasteiger partial charge in [0.15, 0.2) is 0 Å². The van der Waals surface area contributed by atoms with E-state index in [-0.39, 0.29) is 18.6 Å². The first kappa shape index (κ1) is 16.4. The van der Waals surface area contributed by atoms with Gasteiger partial charge in [0.05, 0.1) is 18.8 Å². The van der Waals surface area contributed by atoms with E-state index in [9.17, 15) is 9.90 Å². The van der Waals surface area contributed by atoms with Gasteiger partial charge in [-0.05, 0) is 13.8 Å². The summed E-state index contributed by atoms with van der Waals surface area (Å²) in [6, 6.07) is 0. The summed E-state index contributed by atoms with van der Waals surface area (Å²) in [5, 5.41) is 9.84. The van der Waals surface area contributed by atoms with Crippen molar-refractivity contribution < 1.29 is 19.4 Å².